The Morgan fingerprint density at radius 1 is 1.17 bits per heavy atom. The molecule has 0 aliphatic heterocycles. The largest absolute Gasteiger partial charge is 0.358 e. The third kappa shape index (κ3) is 4.69. The molecule has 1 atom stereocenters. The number of hydrogen-bond acceptors (Lipinski definition) is 3. The van der Waals surface area contributed by atoms with Crippen LogP contribution in [0.4, 0.5) is 5.69 Å². The van der Waals surface area contributed by atoms with Gasteiger partial charge in [-0.25, -0.2) is 0 Å². The molecule has 0 aliphatic rings. The number of hydrogen-bond donors (Lipinski definition) is 1. The van der Waals surface area contributed by atoms with Crippen LogP contribution in [0.25, 0.3) is 10.8 Å². The lowest BCUT2D eigenvalue weighted by atomic mass is 10.1. The Labute approximate surface area is 147 Å². The van der Waals surface area contributed by atoms with Crippen LogP contribution >= 0.6 is 24.0 Å². The van der Waals surface area contributed by atoms with Crippen LogP contribution < -0.4 is 5.32 Å². The number of benzene rings is 2. The normalized spacial score (nSPS) is 12.0. The van der Waals surface area contributed by atoms with Crippen LogP contribution in [0.2, 0.25) is 0 Å². The number of carbonyl (C=O) groups is 1. The predicted molar refractivity (Wildman–Crippen MR) is 105 cm³/mol. The van der Waals surface area contributed by atoms with E-state index >= 15 is 0 Å². The Morgan fingerprint density at radius 3 is 2.48 bits per heavy atom. The molecule has 0 radical (unpaired) electrons. The van der Waals surface area contributed by atoms with E-state index in [1.54, 1.807) is 0 Å². The molecule has 0 saturated carbocycles. The molecule has 0 bridgehead atoms. The minimum atomic E-state index is -0.227. The van der Waals surface area contributed by atoms with Gasteiger partial charge in [-0.2, -0.15) is 0 Å². The summed E-state index contributed by atoms with van der Waals surface area (Å²) in [5.41, 5.74) is 0.815. The van der Waals surface area contributed by atoms with Crippen molar-refractivity contribution in [1.82, 2.24) is 4.90 Å². The smallest absolute Gasteiger partial charge is 0.237 e. The molecule has 0 aromatic heterocycles. The molecule has 0 spiro atoms. The number of nitrogens with one attached hydrogen (secondary N) is 1. The Bertz CT molecular complexity index is 698. The van der Waals surface area contributed by atoms with E-state index in [0.29, 0.717) is 0 Å². The summed E-state index contributed by atoms with van der Waals surface area (Å²) in [6, 6.07) is 14.0. The second-order valence-corrected chi connectivity index (χ2v) is 7.22. The lowest BCUT2D eigenvalue weighted by Gasteiger charge is -2.22. The van der Waals surface area contributed by atoms with Crippen LogP contribution in [0, 0.1) is 0 Å². The molecule has 5 heteroatoms. The minimum Gasteiger partial charge on any atom is -0.358 e. The van der Waals surface area contributed by atoms with E-state index in [0.717, 1.165) is 33.9 Å². The molecule has 2 aromatic carbocycles. The van der Waals surface area contributed by atoms with Crippen LogP contribution in [0.3, 0.4) is 0 Å². The van der Waals surface area contributed by atoms with E-state index in [9.17, 15) is 4.79 Å². The number of amides is 1. The second kappa shape index (κ2) is 8.31. The van der Waals surface area contributed by atoms with Crippen molar-refractivity contribution in [3.05, 3.63) is 42.5 Å². The Balaban J connectivity index is 2.00. The number of carbonyl (C=O) groups excluding carboxylic acids is 1. The maximum absolute atomic E-state index is 12.4. The van der Waals surface area contributed by atoms with Gasteiger partial charge in [0.15, 0.2) is 0 Å². The number of nitrogens with zero attached hydrogens (tertiary/aromatic N) is 1. The van der Waals surface area contributed by atoms with E-state index in [2.05, 4.69) is 30.1 Å². The number of anilines is 1. The Hall–Kier alpha value is -1.59. The van der Waals surface area contributed by atoms with Crippen LogP contribution in [0.15, 0.2) is 42.5 Å². The van der Waals surface area contributed by atoms with Gasteiger partial charge in [0.1, 0.15) is 4.32 Å². The highest BCUT2D eigenvalue weighted by molar-refractivity contribution is 8.23. The summed E-state index contributed by atoms with van der Waals surface area (Å²) in [5.74, 6) is -0.0280. The molecule has 1 N–H and O–H groups in total. The van der Waals surface area contributed by atoms with E-state index in [4.69, 9.17) is 12.2 Å². The fraction of sp³-hybridized carbons (Fsp3) is 0.333. The van der Waals surface area contributed by atoms with Gasteiger partial charge in [-0.1, -0.05) is 54.3 Å². The number of rotatable bonds is 5. The van der Waals surface area contributed by atoms with Crippen LogP contribution in [-0.4, -0.2) is 33.5 Å². The van der Waals surface area contributed by atoms with Crippen molar-refractivity contribution >= 4 is 50.7 Å². The molecule has 0 aliphatic carbocycles. The van der Waals surface area contributed by atoms with Crippen molar-refractivity contribution in [2.75, 3.05) is 18.4 Å². The quantitative estimate of drug-likeness (QED) is 0.807. The summed E-state index contributed by atoms with van der Waals surface area (Å²) in [7, 11) is 0. The number of thioether (sulfide) groups is 1. The standard InChI is InChI=1S/C18H22N2OS2/c1-4-20(5-2)18(22)23-13(3)17(21)19-16-11-10-14-8-6-7-9-15(14)12-16/h6-13H,4-5H2,1-3H3,(H,19,21)/t13-/m1/s1. The topological polar surface area (TPSA) is 32.3 Å². The molecule has 3 nitrogen and oxygen atoms in total. The van der Waals surface area contributed by atoms with Crippen LogP contribution in [0.1, 0.15) is 20.8 Å². The van der Waals surface area contributed by atoms with Gasteiger partial charge in [0.05, 0.1) is 5.25 Å². The molecule has 0 saturated heterocycles. The van der Waals surface area contributed by atoms with E-state index in [1.165, 1.54) is 11.8 Å². The second-order valence-electron chi connectivity index (χ2n) is 5.25. The van der Waals surface area contributed by atoms with Crippen LogP contribution in [0.5, 0.6) is 0 Å². The summed E-state index contributed by atoms with van der Waals surface area (Å²) < 4.78 is 0.774. The highest BCUT2D eigenvalue weighted by atomic mass is 32.2. The highest BCUT2D eigenvalue weighted by Gasteiger charge is 2.18. The van der Waals surface area contributed by atoms with Gasteiger partial charge in [0.2, 0.25) is 5.91 Å². The lowest BCUT2D eigenvalue weighted by molar-refractivity contribution is -0.115. The molecule has 2 aromatic rings. The summed E-state index contributed by atoms with van der Waals surface area (Å²) in [5, 5.41) is 5.03. The first-order valence-corrected chi connectivity index (χ1v) is 9.09. The average molecular weight is 347 g/mol. The molecule has 2 rings (SSSR count). The van der Waals surface area contributed by atoms with E-state index in [1.807, 2.05) is 43.3 Å². The molecule has 0 fully saturated rings. The lowest BCUT2D eigenvalue weighted by Crippen LogP contribution is -2.31. The summed E-state index contributed by atoms with van der Waals surface area (Å²) in [4.78, 5) is 14.5. The molecule has 1 amide bonds. The zero-order valence-electron chi connectivity index (χ0n) is 13.7. The average Bonchev–Trinajstić information content (AvgIpc) is 2.55. The highest BCUT2D eigenvalue weighted by Crippen LogP contribution is 2.21. The van der Waals surface area contributed by atoms with Crippen molar-refractivity contribution < 1.29 is 4.79 Å². The molecule has 0 heterocycles. The van der Waals surface area contributed by atoms with Crippen molar-refractivity contribution in [2.45, 2.75) is 26.0 Å². The monoisotopic (exact) mass is 346 g/mol. The van der Waals surface area contributed by atoms with Crippen molar-refractivity contribution in [1.29, 1.82) is 0 Å². The zero-order chi connectivity index (χ0) is 16.8. The van der Waals surface area contributed by atoms with Gasteiger partial charge in [-0.3, -0.25) is 4.79 Å². The summed E-state index contributed by atoms with van der Waals surface area (Å²) in [6.45, 7) is 7.74. The first-order valence-electron chi connectivity index (χ1n) is 7.80. The van der Waals surface area contributed by atoms with Crippen LogP contribution in [-0.2, 0) is 4.79 Å². The molecule has 0 unspecified atom stereocenters. The van der Waals surface area contributed by atoms with Gasteiger partial charge in [0, 0.05) is 18.8 Å². The fourth-order valence-electron chi connectivity index (χ4n) is 2.27. The predicted octanol–water partition coefficient (Wildman–Crippen LogP) is 4.53. The van der Waals surface area contributed by atoms with Gasteiger partial charge in [-0.15, -0.1) is 0 Å². The third-order valence-electron chi connectivity index (χ3n) is 3.69. The first kappa shape index (κ1) is 17.8. The molecule has 122 valence electrons. The summed E-state index contributed by atoms with van der Waals surface area (Å²) >= 11 is 6.84. The maximum atomic E-state index is 12.4. The van der Waals surface area contributed by atoms with Gasteiger partial charge in [-0.05, 0) is 43.7 Å². The molecular weight excluding hydrogens is 324 g/mol. The third-order valence-corrected chi connectivity index (χ3v) is 5.26. The van der Waals surface area contributed by atoms with Gasteiger partial charge < -0.3 is 10.2 Å². The fourth-order valence-corrected chi connectivity index (χ4v) is 3.84. The maximum Gasteiger partial charge on any atom is 0.237 e. The Morgan fingerprint density at radius 2 is 1.83 bits per heavy atom. The van der Waals surface area contributed by atoms with Crippen molar-refractivity contribution in [3.63, 3.8) is 0 Å². The van der Waals surface area contributed by atoms with E-state index in [-0.39, 0.29) is 11.2 Å². The number of fused-ring (bicyclic) bond motifs is 1. The minimum absolute atomic E-state index is 0.0280. The molecular formula is C18H22N2OS2. The first-order chi connectivity index (χ1) is 11.0. The SMILES string of the molecule is CCN(CC)C(=S)S[C@H](C)C(=O)Nc1ccc2ccccc2c1. The number of thiocarbonyl (C=S) groups is 1. The van der Waals surface area contributed by atoms with Crippen molar-refractivity contribution in [2.24, 2.45) is 0 Å². The van der Waals surface area contributed by atoms with E-state index < -0.39 is 0 Å². The summed E-state index contributed by atoms with van der Waals surface area (Å²) in [6.07, 6.45) is 0. The van der Waals surface area contributed by atoms with Crippen molar-refractivity contribution in [3.8, 4) is 0 Å². The van der Waals surface area contributed by atoms with Gasteiger partial charge in [0.25, 0.3) is 0 Å². The van der Waals surface area contributed by atoms with Gasteiger partial charge >= 0.3 is 0 Å². The Kier molecular flexibility index (Phi) is 6.42. The zero-order valence-corrected chi connectivity index (χ0v) is 15.3. The molecule has 23 heavy (non-hydrogen) atoms.